The highest BCUT2D eigenvalue weighted by molar-refractivity contribution is 7.89. The molecule has 1 unspecified atom stereocenters. The van der Waals surface area contributed by atoms with Crippen molar-refractivity contribution in [1.82, 2.24) is 4.31 Å². The van der Waals surface area contributed by atoms with Crippen LogP contribution in [0.2, 0.25) is 0 Å². The van der Waals surface area contributed by atoms with Crippen LogP contribution in [0.15, 0.2) is 23.1 Å². The Balaban J connectivity index is 2.25. The number of rotatable bonds is 4. The first-order chi connectivity index (χ1) is 9.43. The highest BCUT2D eigenvalue weighted by atomic mass is 32.2. The third kappa shape index (κ3) is 3.40. The molecule has 0 bridgehead atoms. The molecule has 0 amide bonds. The molecule has 0 aromatic heterocycles. The Kier molecular flexibility index (Phi) is 4.83. The highest BCUT2D eigenvalue weighted by Crippen LogP contribution is 2.26. The summed E-state index contributed by atoms with van der Waals surface area (Å²) in [6, 6.07) is 5.51. The van der Waals surface area contributed by atoms with Crippen LogP contribution in [0.3, 0.4) is 0 Å². The summed E-state index contributed by atoms with van der Waals surface area (Å²) in [6.45, 7) is 5.71. The zero-order valence-corrected chi connectivity index (χ0v) is 13.1. The molecule has 112 valence electrons. The van der Waals surface area contributed by atoms with Gasteiger partial charge >= 0.3 is 0 Å². The summed E-state index contributed by atoms with van der Waals surface area (Å²) in [6.07, 6.45) is 2.91. The molecule has 1 saturated heterocycles. The van der Waals surface area contributed by atoms with E-state index < -0.39 is 10.0 Å². The van der Waals surface area contributed by atoms with Crippen LogP contribution in [0.1, 0.15) is 30.4 Å². The van der Waals surface area contributed by atoms with E-state index in [9.17, 15) is 8.42 Å². The summed E-state index contributed by atoms with van der Waals surface area (Å²) in [5.74, 6) is 0.398. The van der Waals surface area contributed by atoms with Gasteiger partial charge in [0.05, 0.1) is 4.90 Å². The van der Waals surface area contributed by atoms with E-state index in [1.807, 2.05) is 19.9 Å². The molecule has 1 heterocycles. The Morgan fingerprint density at radius 3 is 2.50 bits per heavy atom. The maximum absolute atomic E-state index is 12.7. The molecule has 0 spiro atoms. The maximum Gasteiger partial charge on any atom is 0.243 e. The molecule has 0 aliphatic carbocycles. The van der Waals surface area contributed by atoms with Gasteiger partial charge in [-0.05, 0) is 68.8 Å². The van der Waals surface area contributed by atoms with Gasteiger partial charge in [0.25, 0.3) is 0 Å². The number of aryl methyl sites for hydroxylation is 2. The third-order valence-electron chi connectivity index (χ3n) is 3.89. The van der Waals surface area contributed by atoms with E-state index in [1.165, 1.54) is 0 Å². The molecule has 2 rings (SSSR count). The number of nitrogens with two attached hydrogens (primary N) is 1. The second-order valence-electron chi connectivity index (χ2n) is 5.77. The monoisotopic (exact) mass is 296 g/mol. The van der Waals surface area contributed by atoms with E-state index in [2.05, 4.69) is 0 Å². The molecule has 1 fully saturated rings. The zero-order chi connectivity index (χ0) is 14.8. The minimum absolute atomic E-state index is 0.398. The Bertz CT molecular complexity index is 547. The number of hydrogen-bond acceptors (Lipinski definition) is 3. The molecule has 1 atom stereocenters. The molecule has 4 nitrogen and oxygen atoms in total. The Hall–Kier alpha value is -0.910. The molecular weight excluding hydrogens is 272 g/mol. The van der Waals surface area contributed by atoms with Gasteiger partial charge in [-0.25, -0.2) is 8.42 Å². The second kappa shape index (κ2) is 6.24. The average molecular weight is 296 g/mol. The predicted molar refractivity (Wildman–Crippen MR) is 81.1 cm³/mol. The van der Waals surface area contributed by atoms with Crippen LogP contribution < -0.4 is 5.73 Å². The number of nitrogens with zero attached hydrogens (tertiary/aromatic N) is 1. The lowest BCUT2D eigenvalue weighted by Crippen LogP contribution is -2.40. The van der Waals surface area contributed by atoms with Gasteiger partial charge in [-0.2, -0.15) is 4.31 Å². The van der Waals surface area contributed by atoms with Crippen molar-refractivity contribution in [1.29, 1.82) is 0 Å². The molecule has 0 radical (unpaired) electrons. The van der Waals surface area contributed by atoms with Crippen LogP contribution in [0, 0.1) is 19.8 Å². The number of piperidine rings is 1. The summed E-state index contributed by atoms with van der Waals surface area (Å²) in [5, 5.41) is 0. The van der Waals surface area contributed by atoms with E-state index in [1.54, 1.807) is 16.4 Å². The standard InChI is InChI=1S/C15H24N2O2S/c1-12-8-13(2)10-15(9-12)20(18,19)17-7-3-4-14(11-17)5-6-16/h8-10,14H,3-7,11,16H2,1-2H3. The largest absolute Gasteiger partial charge is 0.330 e. The minimum atomic E-state index is -3.37. The lowest BCUT2D eigenvalue weighted by Gasteiger charge is -2.32. The van der Waals surface area contributed by atoms with Crippen molar-refractivity contribution in [3.63, 3.8) is 0 Å². The fraction of sp³-hybridized carbons (Fsp3) is 0.600. The fourth-order valence-electron chi connectivity index (χ4n) is 2.95. The summed E-state index contributed by atoms with van der Waals surface area (Å²) in [5.41, 5.74) is 7.57. The molecule has 20 heavy (non-hydrogen) atoms. The van der Waals surface area contributed by atoms with Gasteiger partial charge in [0, 0.05) is 13.1 Å². The smallest absolute Gasteiger partial charge is 0.243 e. The van der Waals surface area contributed by atoms with Crippen molar-refractivity contribution in [2.24, 2.45) is 11.7 Å². The molecule has 1 aliphatic heterocycles. The second-order valence-corrected chi connectivity index (χ2v) is 7.71. The molecule has 1 aliphatic rings. The Morgan fingerprint density at radius 1 is 1.25 bits per heavy atom. The van der Waals surface area contributed by atoms with Crippen molar-refractivity contribution in [3.05, 3.63) is 29.3 Å². The summed E-state index contributed by atoms with van der Waals surface area (Å²) >= 11 is 0. The van der Waals surface area contributed by atoms with Crippen molar-refractivity contribution < 1.29 is 8.42 Å². The van der Waals surface area contributed by atoms with Crippen LogP contribution in [0.25, 0.3) is 0 Å². The third-order valence-corrected chi connectivity index (χ3v) is 5.73. The van der Waals surface area contributed by atoms with E-state index in [4.69, 9.17) is 5.73 Å². The molecule has 5 heteroatoms. The Labute approximate surface area is 122 Å². The summed E-state index contributed by atoms with van der Waals surface area (Å²) < 4.78 is 27.1. The Morgan fingerprint density at radius 2 is 1.90 bits per heavy atom. The van der Waals surface area contributed by atoms with E-state index >= 15 is 0 Å². The van der Waals surface area contributed by atoms with E-state index in [-0.39, 0.29) is 0 Å². The number of hydrogen-bond donors (Lipinski definition) is 1. The van der Waals surface area contributed by atoms with Crippen LogP contribution in [-0.2, 0) is 10.0 Å². The van der Waals surface area contributed by atoms with Crippen LogP contribution in [0.4, 0.5) is 0 Å². The normalized spacial score (nSPS) is 21.1. The van der Waals surface area contributed by atoms with Gasteiger partial charge in [-0.15, -0.1) is 0 Å². The lowest BCUT2D eigenvalue weighted by molar-refractivity contribution is 0.258. The van der Waals surface area contributed by atoms with Gasteiger partial charge in [-0.1, -0.05) is 6.07 Å². The highest BCUT2D eigenvalue weighted by Gasteiger charge is 2.30. The molecule has 1 aromatic carbocycles. The summed E-state index contributed by atoms with van der Waals surface area (Å²) in [4.78, 5) is 0.420. The first-order valence-electron chi connectivity index (χ1n) is 7.22. The molecule has 0 saturated carbocycles. The molecule has 2 N–H and O–H groups in total. The van der Waals surface area contributed by atoms with Crippen LogP contribution >= 0.6 is 0 Å². The quantitative estimate of drug-likeness (QED) is 0.925. The lowest BCUT2D eigenvalue weighted by atomic mass is 9.96. The van der Waals surface area contributed by atoms with Crippen molar-refractivity contribution in [2.45, 2.75) is 38.0 Å². The zero-order valence-electron chi connectivity index (χ0n) is 12.3. The SMILES string of the molecule is Cc1cc(C)cc(S(=O)(=O)N2CCCC(CCN)C2)c1. The average Bonchev–Trinajstić information content (AvgIpc) is 2.38. The van der Waals surface area contributed by atoms with Crippen molar-refractivity contribution in [2.75, 3.05) is 19.6 Å². The van der Waals surface area contributed by atoms with Gasteiger partial charge in [-0.3, -0.25) is 0 Å². The number of benzene rings is 1. The van der Waals surface area contributed by atoms with Crippen molar-refractivity contribution in [3.8, 4) is 0 Å². The van der Waals surface area contributed by atoms with Crippen molar-refractivity contribution >= 4 is 10.0 Å². The topological polar surface area (TPSA) is 63.4 Å². The van der Waals surface area contributed by atoms with E-state index in [0.29, 0.717) is 30.4 Å². The summed E-state index contributed by atoms with van der Waals surface area (Å²) in [7, 11) is -3.37. The van der Waals surface area contributed by atoms with Crippen LogP contribution in [0.5, 0.6) is 0 Å². The van der Waals surface area contributed by atoms with Gasteiger partial charge in [0.2, 0.25) is 10.0 Å². The minimum Gasteiger partial charge on any atom is -0.330 e. The first-order valence-corrected chi connectivity index (χ1v) is 8.66. The van der Waals surface area contributed by atoms with Crippen LogP contribution in [-0.4, -0.2) is 32.4 Å². The van der Waals surface area contributed by atoms with Gasteiger partial charge in [0.15, 0.2) is 0 Å². The van der Waals surface area contributed by atoms with Gasteiger partial charge < -0.3 is 5.73 Å². The molecular formula is C15H24N2O2S. The number of sulfonamides is 1. The maximum atomic E-state index is 12.7. The first kappa shape index (κ1) is 15.5. The fourth-order valence-corrected chi connectivity index (χ4v) is 4.69. The molecule has 1 aromatic rings. The van der Waals surface area contributed by atoms with E-state index in [0.717, 1.165) is 30.4 Å². The predicted octanol–water partition coefficient (Wildman–Crippen LogP) is 2.05. The van der Waals surface area contributed by atoms with Gasteiger partial charge in [0.1, 0.15) is 0 Å².